The molecule has 4 rings (SSSR count). The van der Waals surface area contributed by atoms with Gasteiger partial charge >= 0.3 is 0 Å². The van der Waals surface area contributed by atoms with E-state index in [9.17, 15) is 0 Å². The average Bonchev–Trinajstić information content (AvgIpc) is 2.93. The monoisotopic (exact) mass is 320 g/mol. The minimum Gasteiger partial charge on any atom is -0.0795 e. The largest absolute Gasteiger partial charge is 0.0795 e. The maximum absolute atomic E-state index is 3.74. The summed E-state index contributed by atoms with van der Waals surface area (Å²) in [5.74, 6) is 0. The fourth-order valence-electron chi connectivity index (χ4n) is 2.94. The van der Waals surface area contributed by atoms with Crippen LogP contribution in [-0.2, 0) is 6.42 Å². The second kappa shape index (κ2) is 4.60. The number of rotatable bonds is 1. The molecule has 0 fully saturated rings. The number of hydrogen-bond acceptors (Lipinski definition) is 0. The summed E-state index contributed by atoms with van der Waals surface area (Å²) >= 11 is 3.74. The van der Waals surface area contributed by atoms with Crippen molar-refractivity contribution in [3.05, 3.63) is 76.3 Å². The number of benzene rings is 3. The van der Waals surface area contributed by atoms with Crippen molar-refractivity contribution in [1.82, 2.24) is 0 Å². The summed E-state index contributed by atoms with van der Waals surface area (Å²) in [7, 11) is 0. The van der Waals surface area contributed by atoms with Crippen LogP contribution in [-0.4, -0.2) is 0 Å². The molecule has 0 unspecified atom stereocenters. The van der Waals surface area contributed by atoms with E-state index in [2.05, 4.69) is 82.7 Å². The molecule has 0 heterocycles. The van der Waals surface area contributed by atoms with Crippen LogP contribution in [0, 0.1) is 0 Å². The van der Waals surface area contributed by atoms with Crippen LogP contribution in [0.2, 0.25) is 0 Å². The molecule has 0 amide bonds. The number of hydrogen-bond donors (Lipinski definition) is 0. The Balaban J connectivity index is 2.02. The third kappa shape index (κ3) is 1.82. The summed E-state index contributed by atoms with van der Waals surface area (Å²) in [4.78, 5) is 0. The zero-order chi connectivity index (χ0) is 13.5. The lowest BCUT2D eigenvalue weighted by Crippen LogP contribution is -1.88. The van der Waals surface area contributed by atoms with Crippen molar-refractivity contribution in [2.45, 2.75) is 6.42 Å². The highest BCUT2D eigenvalue weighted by Gasteiger charge is 2.12. The molecule has 0 atom stereocenters. The van der Waals surface area contributed by atoms with E-state index >= 15 is 0 Å². The molecule has 0 nitrogen and oxygen atoms in total. The molecule has 0 spiro atoms. The summed E-state index contributed by atoms with van der Waals surface area (Å²) in [6.45, 7) is 0. The third-order valence-electron chi connectivity index (χ3n) is 3.94. The van der Waals surface area contributed by atoms with Gasteiger partial charge in [0, 0.05) is 4.47 Å². The van der Waals surface area contributed by atoms with E-state index in [1.54, 1.807) is 0 Å². The lowest BCUT2D eigenvalue weighted by atomic mass is 9.96. The van der Waals surface area contributed by atoms with Gasteiger partial charge in [0.05, 0.1) is 0 Å². The molecule has 0 N–H and O–H groups in total. The van der Waals surface area contributed by atoms with E-state index in [0.29, 0.717) is 0 Å². The Kier molecular flexibility index (Phi) is 2.75. The highest BCUT2D eigenvalue weighted by atomic mass is 79.9. The van der Waals surface area contributed by atoms with Gasteiger partial charge < -0.3 is 0 Å². The van der Waals surface area contributed by atoms with Crippen molar-refractivity contribution >= 4 is 32.8 Å². The van der Waals surface area contributed by atoms with E-state index in [1.807, 2.05) is 0 Å². The van der Waals surface area contributed by atoms with Crippen molar-refractivity contribution in [1.29, 1.82) is 0 Å². The molecular weight excluding hydrogens is 308 g/mol. The molecule has 96 valence electrons. The smallest absolute Gasteiger partial charge is 0.0257 e. The van der Waals surface area contributed by atoms with E-state index in [-0.39, 0.29) is 0 Å². The highest BCUT2D eigenvalue weighted by Crippen LogP contribution is 2.37. The summed E-state index contributed by atoms with van der Waals surface area (Å²) < 4.78 is 1.18. The van der Waals surface area contributed by atoms with Crippen LogP contribution in [0.4, 0.5) is 0 Å². The van der Waals surface area contributed by atoms with Gasteiger partial charge in [0.15, 0.2) is 0 Å². The predicted molar refractivity (Wildman–Crippen MR) is 89.8 cm³/mol. The number of fused-ring (bicyclic) bond motifs is 2. The fourth-order valence-corrected chi connectivity index (χ4v) is 3.55. The maximum atomic E-state index is 3.74. The zero-order valence-electron chi connectivity index (χ0n) is 10.9. The quantitative estimate of drug-likeness (QED) is 0.528. The van der Waals surface area contributed by atoms with Crippen LogP contribution in [0.3, 0.4) is 0 Å². The number of halogens is 1. The van der Waals surface area contributed by atoms with Crippen molar-refractivity contribution in [2.75, 3.05) is 0 Å². The number of allylic oxidation sites excluding steroid dienone is 1. The van der Waals surface area contributed by atoms with Gasteiger partial charge in [0.2, 0.25) is 0 Å². The summed E-state index contributed by atoms with van der Waals surface area (Å²) in [6.07, 6.45) is 5.49. The first-order chi connectivity index (χ1) is 9.83. The van der Waals surface area contributed by atoms with Gasteiger partial charge in [0.1, 0.15) is 0 Å². The van der Waals surface area contributed by atoms with Crippen LogP contribution in [0.15, 0.2) is 65.1 Å². The summed E-state index contributed by atoms with van der Waals surface area (Å²) in [5.41, 5.74) is 5.31. The van der Waals surface area contributed by atoms with E-state index in [0.717, 1.165) is 6.42 Å². The molecule has 0 aliphatic heterocycles. The molecule has 0 bridgehead atoms. The normalized spacial score (nSPS) is 12.8. The second-order valence-electron chi connectivity index (χ2n) is 5.16. The first kappa shape index (κ1) is 11.9. The van der Waals surface area contributed by atoms with E-state index < -0.39 is 0 Å². The van der Waals surface area contributed by atoms with Gasteiger partial charge in [-0.1, -0.05) is 70.5 Å². The third-order valence-corrected chi connectivity index (χ3v) is 4.60. The lowest BCUT2D eigenvalue weighted by Gasteiger charge is -2.11. The van der Waals surface area contributed by atoms with Gasteiger partial charge in [-0.15, -0.1) is 0 Å². The molecule has 0 saturated heterocycles. The van der Waals surface area contributed by atoms with Gasteiger partial charge in [-0.3, -0.25) is 0 Å². The molecule has 1 aliphatic carbocycles. The minimum atomic E-state index is 1.05. The molecule has 20 heavy (non-hydrogen) atoms. The van der Waals surface area contributed by atoms with Crippen LogP contribution in [0.5, 0.6) is 0 Å². The van der Waals surface area contributed by atoms with Crippen LogP contribution < -0.4 is 0 Å². The van der Waals surface area contributed by atoms with Crippen LogP contribution in [0.1, 0.15) is 11.1 Å². The molecule has 3 aromatic rings. The Labute approximate surface area is 126 Å². The van der Waals surface area contributed by atoms with Crippen LogP contribution in [0.25, 0.3) is 28.0 Å². The summed E-state index contributed by atoms with van der Waals surface area (Å²) in [5, 5.41) is 2.59. The van der Waals surface area contributed by atoms with Gasteiger partial charge in [-0.25, -0.2) is 0 Å². The molecular formula is C19H13Br. The van der Waals surface area contributed by atoms with Crippen molar-refractivity contribution < 1.29 is 0 Å². The van der Waals surface area contributed by atoms with Gasteiger partial charge in [0.25, 0.3) is 0 Å². The van der Waals surface area contributed by atoms with Gasteiger partial charge in [-0.2, -0.15) is 0 Å². The minimum absolute atomic E-state index is 1.05. The highest BCUT2D eigenvalue weighted by molar-refractivity contribution is 9.10. The molecule has 0 radical (unpaired) electrons. The lowest BCUT2D eigenvalue weighted by molar-refractivity contribution is 1.30. The summed E-state index contributed by atoms with van der Waals surface area (Å²) in [6, 6.07) is 19.6. The van der Waals surface area contributed by atoms with Crippen LogP contribution >= 0.6 is 15.9 Å². The molecule has 1 heteroatoms. The van der Waals surface area contributed by atoms with Crippen molar-refractivity contribution in [3.8, 4) is 11.1 Å². The second-order valence-corrected chi connectivity index (χ2v) is 6.02. The SMILES string of the molecule is Brc1cc2c(cc1-c1cccc3ccccc13)C=CC2. The first-order valence-corrected chi connectivity index (χ1v) is 7.59. The van der Waals surface area contributed by atoms with Crippen molar-refractivity contribution in [2.24, 2.45) is 0 Å². The predicted octanol–water partition coefficient (Wildman–Crippen LogP) is 5.84. The Morgan fingerprint density at radius 2 is 1.70 bits per heavy atom. The van der Waals surface area contributed by atoms with E-state index in [4.69, 9.17) is 0 Å². The Morgan fingerprint density at radius 3 is 2.65 bits per heavy atom. The average molecular weight is 321 g/mol. The molecule has 0 aromatic heterocycles. The topological polar surface area (TPSA) is 0 Å². The standard InChI is InChI=1S/C19H13Br/c20-19-12-15-8-3-7-14(15)11-18(19)17-10-4-6-13-5-1-2-9-16(13)17/h1-7,9-12H,8H2. The molecule has 1 aliphatic rings. The Morgan fingerprint density at radius 1 is 0.850 bits per heavy atom. The zero-order valence-corrected chi connectivity index (χ0v) is 12.5. The fraction of sp³-hybridized carbons (Fsp3) is 0.0526. The maximum Gasteiger partial charge on any atom is 0.0257 e. The van der Waals surface area contributed by atoms with Gasteiger partial charge in [-0.05, 0) is 51.6 Å². The molecule has 0 saturated carbocycles. The van der Waals surface area contributed by atoms with E-state index in [1.165, 1.54) is 37.5 Å². The van der Waals surface area contributed by atoms with Crippen molar-refractivity contribution in [3.63, 3.8) is 0 Å². The Hall–Kier alpha value is -1.86. The molecule has 3 aromatic carbocycles. The Bertz CT molecular complexity index is 838. The first-order valence-electron chi connectivity index (χ1n) is 6.80.